The number of likely N-dealkylation sites (tertiary alicyclic amines) is 1. The molecular formula is C27H28Cl2F2N2O5. The third-order valence-electron chi connectivity index (χ3n) is 7.11. The maximum atomic E-state index is 14.4. The van der Waals surface area contributed by atoms with Gasteiger partial charge in [0.1, 0.15) is 5.60 Å². The second kappa shape index (κ2) is 10.1. The van der Waals surface area contributed by atoms with Gasteiger partial charge in [0.25, 0.3) is 0 Å². The molecule has 0 saturated carbocycles. The van der Waals surface area contributed by atoms with E-state index in [2.05, 4.69) is 5.16 Å². The van der Waals surface area contributed by atoms with Crippen LogP contribution in [0.5, 0.6) is 0 Å². The van der Waals surface area contributed by atoms with Gasteiger partial charge >= 0.3 is 6.09 Å². The second-order valence-electron chi connectivity index (χ2n) is 10.7. The number of piperidine rings is 1. The Labute approximate surface area is 228 Å². The summed E-state index contributed by atoms with van der Waals surface area (Å²) >= 11 is 12.8. The van der Waals surface area contributed by atoms with Gasteiger partial charge in [0.2, 0.25) is 0 Å². The highest BCUT2D eigenvalue weighted by Gasteiger charge is 2.56. The number of aliphatic hydroxyl groups is 2. The van der Waals surface area contributed by atoms with Crippen molar-refractivity contribution in [2.45, 2.75) is 57.8 Å². The van der Waals surface area contributed by atoms with Gasteiger partial charge in [-0.25, -0.2) is 13.6 Å². The fourth-order valence-electron chi connectivity index (χ4n) is 5.51. The van der Waals surface area contributed by atoms with E-state index in [4.69, 9.17) is 27.7 Å². The number of nitrogens with zero attached hydrogens (tertiary/aromatic N) is 2. The summed E-state index contributed by atoms with van der Waals surface area (Å²) in [6.07, 6.45) is -2.59. The quantitative estimate of drug-likeness (QED) is 0.321. The highest BCUT2D eigenvalue weighted by atomic mass is 35.5. The van der Waals surface area contributed by atoms with Crippen molar-refractivity contribution in [1.29, 1.82) is 0 Å². The lowest BCUT2D eigenvalue weighted by molar-refractivity contribution is -0.0932. The van der Waals surface area contributed by atoms with E-state index < -0.39 is 46.8 Å². The number of benzene rings is 2. The van der Waals surface area contributed by atoms with Crippen molar-refractivity contribution in [2.24, 2.45) is 5.41 Å². The molecule has 38 heavy (non-hydrogen) atoms. The van der Waals surface area contributed by atoms with Crippen molar-refractivity contribution in [3.05, 3.63) is 74.9 Å². The van der Waals surface area contributed by atoms with E-state index in [1.807, 2.05) is 0 Å². The lowest BCUT2D eigenvalue weighted by atomic mass is 9.63. The summed E-state index contributed by atoms with van der Waals surface area (Å²) in [5.41, 5.74) is -2.19. The Hall–Kier alpha value is -2.72. The fraction of sp³-hybridized carbons (Fsp3) is 0.407. The molecule has 1 fully saturated rings. The Morgan fingerprint density at radius 3 is 2.34 bits per heavy atom. The average molecular weight is 569 g/mol. The van der Waals surface area contributed by atoms with E-state index in [1.165, 1.54) is 17.9 Å². The summed E-state index contributed by atoms with van der Waals surface area (Å²) in [7, 11) is 0. The first-order chi connectivity index (χ1) is 17.7. The molecule has 2 unspecified atom stereocenters. The second-order valence-corrected chi connectivity index (χ2v) is 11.5. The summed E-state index contributed by atoms with van der Waals surface area (Å²) < 4.78 is 33.9. The first kappa shape index (κ1) is 28.3. The van der Waals surface area contributed by atoms with Crippen molar-refractivity contribution in [3.63, 3.8) is 0 Å². The number of hydrogen-bond acceptors (Lipinski definition) is 5. The number of hydrogen-bond donors (Lipinski definition) is 3. The Kier molecular flexibility index (Phi) is 7.53. The van der Waals surface area contributed by atoms with E-state index in [0.29, 0.717) is 0 Å². The maximum absolute atomic E-state index is 14.4. The third-order valence-corrected chi connectivity index (χ3v) is 7.74. The van der Waals surface area contributed by atoms with Crippen LogP contribution in [-0.2, 0) is 5.60 Å². The van der Waals surface area contributed by atoms with Gasteiger partial charge < -0.3 is 24.7 Å². The fourth-order valence-corrected chi connectivity index (χ4v) is 6.08. The predicted molar refractivity (Wildman–Crippen MR) is 138 cm³/mol. The van der Waals surface area contributed by atoms with Crippen molar-refractivity contribution in [1.82, 2.24) is 10.1 Å². The SMILES string of the molecule is CC(O)c1c([C@H]2C(C(C)(C)C)N(C(=O)O)CC[C@]2(O)c2ccc(F)c(F)c2)noc1-c1c(Cl)cccc1Cl. The van der Waals surface area contributed by atoms with Crippen molar-refractivity contribution in [3.8, 4) is 11.3 Å². The molecule has 0 spiro atoms. The van der Waals surface area contributed by atoms with Gasteiger partial charge in [0.05, 0.1) is 44.9 Å². The van der Waals surface area contributed by atoms with E-state index in [9.17, 15) is 28.9 Å². The van der Waals surface area contributed by atoms with E-state index in [1.54, 1.807) is 39.0 Å². The molecule has 0 aliphatic carbocycles. The zero-order valence-electron chi connectivity index (χ0n) is 21.2. The molecule has 7 nitrogen and oxygen atoms in total. The van der Waals surface area contributed by atoms with Crippen LogP contribution in [-0.4, -0.2) is 44.1 Å². The number of amides is 1. The first-order valence-corrected chi connectivity index (χ1v) is 12.7. The van der Waals surface area contributed by atoms with Crippen LogP contribution in [0.1, 0.15) is 63.0 Å². The zero-order chi connectivity index (χ0) is 28.2. The summed E-state index contributed by atoms with van der Waals surface area (Å²) in [5.74, 6) is -3.37. The topological polar surface area (TPSA) is 107 Å². The molecule has 11 heteroatoms. The molecule has 1 amide bonds. The Morgan fingerprint density at radius 1 is 1.18 bits per heavy atom. The standard InChI is InChI=1S/C27H28Cl2F2N2O5/c1-13(34)19-22(32-38-23(19)20-15(28)6-5-7-16(20)29)21-24(26(2,3)4)33(25(35)36)11-10-27(21,37)14-8-9-17(30)18(31)12-14/h5-9,12-13,21,24,34,37H,10-11H2,1-4H3,(H,35,36)/t13?,21-,24?,27-/m0/s1. The zero-order valence-corrected chi connectivity index (χ0v) is 22.7. The third kappa shape index (κ3) is 4.77. The number of aliphatic hydroxyl groups excluding tert-OH is 1. The van der Waals surface area contributed by atoms with Crippen LogP contribution in [0.2, 0.25) is 10.0 Å². The van der Waals surface area contributed by atoms with Crippen molar-refractivity contribution < 1.29 is 33.4 Å². The van der Waals surface area contributed by atoms with Gasteiger partial charge in [0, 0.05) is 6.54 Å². The monoisotopic (exact) mass is 568 g/mol. The molecule has 1 aliphatic rings. The lowest BCUT2D eigenvalue weighted by Crippen LogP contribution is -2.61. The lowest BCUT2D eigenvalue weighted by Gasteiger charge is -2.53. The van der Waals surface area contributed by atoms with Crippen LogP contribution in [0.3, 0.4) is 0 Å². The molecule has 204 valence electrons. The summed E-state index contributed by atoms with van der Waals surface area (Å²) in [6, 6.07) is 6.93. The van der Waals surface area contributed by atoms with Crippen LogP contribution in [0.25, 0.3) is 11.3 Å². The van der Waals surface area contributed by atoms with Gasteiger partial charge in [-0.2, -0.15) is 0 Å². The smallest absolute Gasteiger partial charge is 0.407 e. The molecule has 2 aromatic carbocycles. The molecule has 1 saturated heterocycles. The Balaban J connectivity index is 2.06. The number of carboxylic acid groups (broad SMARTS) is 1. The van der Waals surface area contributed by atoms with Gasteiger partial charge in [-0.3, -0.25) is 0 Å². The maximum Gasteiger partial charge on any atom is 0.407 e. The predicted octanol–water partition coefficient (Wildman–Crippen LogP) is 6.75. The highest BCUT2D eigenvalue weighted by Crippen LogP contribution is 2.54. The number of rotatable bonds is 4. The van der Waals surface area contributed by atoms with Gasteiger partial charge in [-0.1, -0.05) is 61.3 Å². The summed E-state index contributed by atoms with van der Waals surface area (Å²) in [5, 5.41) is 38.0. The van der Waals surface area contributed by atoms with E-state index in [0.717, 1.165) is 12.1 Å². The van der Waals surface area contributed by atoms with Crippen LogP contribution in [0.15, 0.2) is 40.9 Å². The molecular weight excluding hydrogens is 541 g/mol. The number of aromatic nitrogens is 1. The molecule has 3 aromatic rings. The molecule has 0 bridgehead atoms. The Bertz CT molecular complexity index is 1350. The molecule has 0 radical (unpaired) electrons. The van der Waals surface area contributed by atoms with Crippen LogP contribution in [0.4, 0.5) is 13.6 Å². The minimum atomic E-state index is -1.92. The van der Waals surface area contributed by atoms with E-state index in [-0.39, 0.29) is 51.2 Å². The number of halogens is 4. The van der Waals surface area contributed by atoms with Crippen LogP contribution >= 0.6 is 23.2 Å². The molecule has 1 aliphatic heterocycles. The average Bonchev–Trinajstić information content (AvgIpc) is 3.24. The van der Waals surface area contributed by atoms with Crippen LogP contribution < -0.4 is 0 Å². The largest absolute Gasteiger partial charge is 0.465 e. The van der Waals surface area contributed by atoms with Gasteiger partial charge in [-0.05, 0) is 48.6 Å². The molecule has 4 atom stereocenters. The van der Waals surface area contributed by atoms with Crippen molar-refractivity contribution >= 4 is 29.3 Å². The van der Waals surface area contributed by atoms with Crippen LogP contribution in [0, 0.1) is 17.0 Å². The summed E-state index contributed by atoms with van der Waals surface area (Å²) in [6.45, 7) is 6.77. The molecule has 3 N–H and O–H groups in total. The Morgan fingerprint density at radius 2 is 1.82 bits per heavy atom. The van der Waals surface area contributed by atoms with Gasteiger partial charge in [-0.15, -0.1) is 0 Å². The molecule has 1 aromatic heterocycles. The minimum absolute atomic E-state index is 0.0394. The molecule has 4 rings (SSSR count). The van der Waals surface area contributed by atoms with Gasteiger partial charge in [0.15, 0.2) is 17.4 Å². The molecule has 2 heterocycles. The number of carbonyl (C=O) groups is 1. The highest BCUT2D eigenvalue weighted by molar-refractivity contribution is 6.39. The summed E-state index contributed by atoms with van der Waals surface area (Å²) in [4.78, 5) is 13.6. The normalized spacial score (nSPS) is 22.9. The minimum Gasteiger partial charge on any atom is -0.465 e. The van der Waals surface area contributed by atoms with E-state index >= 15 is 0 Å². The first-order valence-electron chi connectivity index (χ1n) is 12.0. The van der Waals surface area contributed by atoms with Crippen molar-refractivity contribution in [2.75, 3.05) is 6.54 Å².